The highest BCUT2D eigenvalue weighted by molar-refractivity contribution is 4.98. The SMILES string of the molecule is CCCCCCCCCCOC[C@H]1O[C@H](O[C@]2(CO)O[C@H](CO)[C@@H](O)[C@@H]2O)[C@H](O)[C@@H](O)[C@@H]1O. The van der Waals surface area contributed by atoms with E-state index in [1.807, 2.05) is 0 Å². The summed E-state index contributed by atoms with van der Waals surface area (Å²) in [6.45, 7) is 0.990. The van der Waals surface area contributed by atoms with Crippen molar-refractivity contribution in [3.8, 4) is 0 Å². The summed E-state index contributed by atoms with van der Waals surface area (Å²) in [4.78, 5) is 0. The fourth-order valence-corrected chi connectivity index (χ4v) is 4.16. The molecule has 196 valence electrons. The van der Waals surface area contributed by atoms with E-state index in [2.05, 4.69) is 6.92 Å². The molecule has 2 fully saturated rings. The van der Waals surface area contributed by atoms with Gasteiger partial charge in [-0.05, 0) is 6.42 Å². The zero-order chi connectivity index (χ0) is 24.4. The minimum absolute atomic E-state index is 0.0707. The summed E-state index contributed by atoms with van der Waals surface area (Å²) >= 11 is 0. The third-order valence-corrected chi connectivity index (χ3v) is 6.31. The Morgan fingerprint density at radius 2 is 1.39 bits per heavy atom. The molecule has 2 rings (SSSR count). The predicted molar refractivity (Wildman–Crippen MR) is 115 cm³/mol. The Morgan fingerprint density at radius 1 is 0.758 bits per heavy atom. The number of hydrogen-bond donors (Lipinski definition) is 7. The lowest BCUT2D eigenvalue weighted by Crippen LogP contribution is -2.62. The third kappa shape index (κ3) is 7.52. The van der Waals surface area contributed by atoms with Crippen LogP contribution in [0.2, 0.25) is 0 Å². The van der Waals surface area contributed by atoms with Crippen LogP contribution in [0.3, 0.4) is 0 Å². The summed E-state index contributed by atoms with van der Waals surface area (Å²) < 4.78 is 21.9. The minimum Gasteiger partial charge on any atom is -0.394 e. The lowest BCUT2D eigenvalue weighted by molar-refractivity contribution is -0.384. The van der Waals surface area contributed by atoms with E-state index in [1.54, 1.807) is 0 Å². The summed E-state index contributed by atoms with van der Waals surface area (Å²) in [6.07, 6.45) is -2.82. The molecule has 0 spiro atoms. The van der Waals surface area contributed by atoms with Gasteiger partial charge < -0.3 is 54.7 Å². The number of ether oxygens (including phenoxy) is 4. The molecule has 11 heteroatoms. The molecule has 9 atom stereocenters. The highest BCUT2D eigenvalue weighted by Crippen LogP contribution is 2.36. The van der Waals surface area contributed by atoms with E-state index in [-0.39, 0.29) is 6.61 Å². The molecule has 2 aliphatic heterocycles. The maximum absolute atomic E-state index is 10.3. The molecule has 0 unspecified atom stereocenters. The van der Waals surface area contributed by atoms with Crippen molar-refractivity contribution in [1.29, 1.82) is 0 Å². The Labute approximate surface area is 194 Å². The van der Waals surface area contributed by atoms with Gasteiger partial charge in [-0.25, -0.2) is 0 Å². The van der Waals surface area contributed by atoms with E-state index < -0.39 is 68.0 Å². The average Bonchev–Trinajstić information content (AvgIpc) is 3.06. The summed E-state index contributed by atoms with van der Waals surface area (Å²) in [5.41, 5.74) is 0. The smallest absolute Gasteiger partial charge is 0.224 e. The quantitative estimate of drug-likeness (QED) is 0.139. The van der Waals surface area contributed by atoms with E-state index >= 15 is 0 Å². The molecule has 11 nitrogen and oxygen atoms in total. The summed E-state index contributed by atoms with van der Waals surface area (Å²) in [6, 6.07) is 0. The van der Waals surface area contributed by atoms with Crippen molar-refractivity contribution in [3.63, 3.8) is 0 Å². The molecule has 0 bridgehead atoms. The molecule has 2 aliphatic rings. The Hall–Kier alpha value is -0.440. The van der Waals surface area contributed by atoms with Crippen LogP contribution in [-0.2, 0) is 18.9 Å². The molecule has 0 aromatic heterocycles. The van der Waals surface area contributed by atoms with Crippen LogP contribution in [0.15, 0.2) is 0 Å². The first-order chi connectivity index (χ1) is 15.8. The molecule has 0 aromatic carbocycles. The van der Waals surface area contributed by atoms with Gasteiger partial charge in [-0.1, -0.05) is 51.9 Å². The molecule has 0 radical (unpaired) electrons. The lowest BCUT2D eigenvalue weighted by Gasteiger charge is -2.43. The number of hydrogen-bond acceptors (Lipinski definition) is 11. The molecule has 0 saturated carbocycles. The van der Waals surface area contributed by atoms with Gasteiger partial charge in [0.2, 0.25) is 5.79 Å². The first-order valence-corrected chi connectivity index (χ1v) is 12.0. The monoisotopic (exact) mass is 482 g/mol. The highest BCUT2D eigenvalue weighted by Gasteiger charge is 2.58. The van der Waals surface area contributed by atoms with Crippen LogP contribution in [-0.4, -0.2) is 117 Å². The number of rotatable bonds is 15. The molecule has 2 heterocycles. The molecule has 0 aromatic rings. The Bertz CT molecular complexity index is 538. The Balaban J connectivity index is 1.82. The van der Waals surface area contributed by atoms with Crippen LogP contribution >= 0.6 is 0 Å². The normalized spacial score (nSPS) is 39.3. The van der Waals surface area contributed by atoms with Crippen LogP contribution in [0, 0.1) is 0 Å². The summed E-state index contributed by atoms with van der Waals surface area (Å²) in [5, 5.41) is 70.0. The Kier molecular flexibility index (Phi) is 12.4. The Morgan fingerprint density at radius 3 is 1.97 bits per heavy atom. The molecule has 33 heavy (non-hydrogen) atoms. The second kappa shape index (κ2) is 14.2. The minimum atomic E-state index is -2.19. The first kappa shape index (κ1) is 28.8. The van der Waals surface area contributed by atoms with Crippen molar-refractivity contribution in [3.05, 3.63) is 0 Å². The van der Waals surface area contributed by atoms with Gasteiger partial charge in [-0.3, -0.25) is 0 Å². The van der Waals surface area contributed by atoms with Crippen molar-refractivity contribution < 1.29 is 54.7 Å². The molecule has 7 N–H and O–H groups in total. The molecular weight excluding hydrogens is 440 g/mol. The van der Waals surface area contributed by atoms with E-state index in [1.165, 1.54) is 32.1 Å². The molecular formula is C22H42O11. The number of unbranched alkanes of at least 4 members (excludes halogenated alkanes) is 7. The van der Waals surface area contributed by atoms with Crippen molar-refractivity contribution in [2.45, 2.75) is 113 Å². The molecule has 0 aliphatic carbocycles. The third-order valence-electron chi connectivity index (χ3n) is 6.31. The van der Waals surface area contributed by atoms with E-state index in [4.69, 9.17) is 18.9 Å². The van der Waals surface area contributed by atoms with Crippen molar-refractivity contribution in [2.24, 2.45) is 0 Å². The molecule has 0 amide bonds. The van der Waals surface area contributed by atoms with Crippen LogP contribution in [0.1, 0.15) is 58.3 Å². The van der Waals surface area contributed by atoms with Crippen molar-refractivity contribution in [2.75, 3.05) is 26.4 Å². The van der Waals surface area contributed by atoms with Gasteiger partial charge in [0.1, 0.15) is 49.3 Å². The predicted octanol–water partition coefficient (Wildman–Crippen LogP) is -1.23. The summed E-state index contributed by atoms with van der Waals surface area (Å²) in [7, 11) is 0. The van der Waals surface area contributed by atoms with Crippen LogP contribution in [0.4, 0.5) is 0 Å². The van der Waals surface area contributed by atoms with Gasteiger partial charge >= 0.3 is 0 Å². The standard InChI is InChI=1S/C22H42O11/c1-2-3-4-5-6-7-8-9-10-30-12-15-16(25)18(27)19(28)21(31-15)33-22(13-24)20(29)17(26)14(11-23)32-22/h14-21,23-29H,2-13H2,1H3/t14-,15-,16-,17-,18+,19-,20+,21-,22+/m1/s1. The van der Waals surface area contributed by atoms with Gasteiger partial charge in [0.05, 0.1) is 13.2 Å². The van der Waals surface area contributed by atoms with Crippen molar-refractivity contribution in [1.82, 2.24) is 0 Å². The van der Waals surface area contributed by atoms with E-state index in [0.29, 0.717) is 6.61 Å². The van der Waals surface area contributed by atoms with Gasteiger partial charge in [0, 0.05) is 6.61 Å². The highest BCUT2D eigenvalue weighted by atomic mass is 16.8. The van der Waals surface area contributed by atoms with Crippen molar-refractivity contribution >= 4 is 0 Å². The fourth-order valence-electron chi connectivity index (χ4n) is 4.16. The van der Waals surface area contributed by atoms with Gasteiger partial charge in [0.25, 0.3) is 0 Å². The maximum atomic E-state index is 10.3. The number of aliphatic hydroxyl groups excluding tert-OH is 7. The van der Waals surface area contributed by atoms with Gasteiger partial charge in [0.15, 0.2) is 6.29 Å². The van der Waals surface area contributed by atoms with Crippen LogP contribution < -0.4 is 0 Å². The zero-order valence-corrected chi connectivity index (χ0v) is 19.4. The second-order valence-electron chi connectivity index (χ2n) is 8.93. The zero-order valence-electron chi connectivity index (χ0n) is 19.4. The molecule has 2 saturated heterocycles. The average molecular weight is 483 g/mol. The van der Waals surface area contributed by atoms with Crippen LogP contribution in [0.25, 0.3) is 0 Å². The number of aliphatic hydroxyl groups is 7. The topological polar surface area (TPSA) is 179 Å². The largest absolute Gasteiger partial charge is 0.394 e. The van der Waals surface area contributed by atoms with Gasteiger partial charge in [-0.2, -0.15) is 0 Å². The summed E-state index contributed by atoms with van der Waals surface area (Å²) in [5.74, 6) is -2.19. The first-order valence-electron chi connectivity index (χ1n) is 12.0. The maximum Gasteiger partial charge on any atom is 0.224 e. The second-order valence-corrected chi connectivity index (χ2v) is 8.93. The van der Waals surface area contributed by atoms with E-state index in [9.17, 15) is 35.7 Å². The van der Waals surface area contributed by atoms with E-state index in [0.717, 1.165) is 19.3 Å². The van der Waals surface area contributed by atoms with Gasteiger partial charge in [-0.15, -0.1) is 0 Å². The lowest BCUT2D eigenvalue weighted by atomic mass is 9.99. The van der Waals surface area contributed by atoms with Crippen LogP contribution in [0.5, 0.6) is 0 Å². The fraction of sp³-hybridized carbons (Fsp3) is 1.00.